The van der Waals surface area contributed by atoms with Crippen molar-refractivity contribution in [3.05, 3.63) is 36.0 Å². The van der Waals surface area contributed by atoms with Crippen molar-refractivity contribution in [2.75, 3.05) is 7.11 Å². The van der Waals surface area contributed by atoms with Crippen molar-refractivity contribution in [2.45, 2.75) is 6.92 Å². The maximum absolute atomic E-state index is 5.14. The molecule has 0 saturated carbocycles. The molecule has 3 nitrogen and oxygen atoms in total. The zero-order valence-corrected chi connectivity index (χ0v) is 8.24. The summed E-state index contributed by atoms with van der Waals surface area (Å²) in [5, 5.41) is 6.94. The van der Waals surface area contributed by atoms with Gasteiger partial charge in [0.25, 0.3) is 0 Å². The van der Waals surface area contributed by atoms with Gasteiger partial charge in [0.15, 0.2) is 0 Å². The van der Waals surface area contributed by atoms with Crippen LogP contribution in [0.3, 0.4) is 0 Å². The highest BCUT2D eigenvalue weighted by atomic mass is 16.5. The van der Waals surface area contributed by atoms with Crippen molar-refractivity contribution in [1.82, 2.24) is 10.2 Å². The third-order valence-corrected chi connectivity index (χ3v) is 2.21. The monoisotopic (exact) mass is 188 g/mol. The first-order valence-corrected chi connectivity index (χ1v) is 4.46. The van der Waals surface area contributed by atoms with Crippen LogP contribution in [0, 0.1) is 6.92 Å². The number of methoxy groups -OCH3 is 1. The Balaban J connectivity index is 2.46. The predicted octanol–water partition coefficient (Wildman–Crippen LogP) is 2.39. The lowest BCUT2D eigenvalue weighted by Crippen LogP contribution is -1.87. The van der Waals surface area contributed by atoms with E-state index in [1.165, 1.54) is 0 Å². The molecule has 2 aromatic rings. The van der Waals surface area contributed by atoms with Gasteiger partial charge in [-0.05, 0) is 36.8 Å². The quantitative estimate of drug-likeness (QED) is 0.785. The third-order valence-electron chi connectivity index (χ3n) is 2.21. The lowest BCUT2D eigenvalue weighted by atomic mass is 10.1. The minimum Gasteiger partial charge on any atom is -0.497 e. The van der Waals surface area contributed by atoms with Gasteiger partial charge in [-0.25, -0.2) is 0 Å². The van der Waals surface area contributed by atoms with Gasteiger partial charge in [0.05, 0.1) is 12.8 Å². The van der Waals surface area contributed by atoms with Gasteiger partial charge in [0.2, 0.25) is 0 Å². The molecule has 1 aromatic carbocycles. The van der Waals surface area contributed by atoms with Crippen molar-refractivity contribution >= 4 is 0 Å². The van der Waals surface area contributed by atoms with Gasteiger partial charge >= 0.3 is 0 Å². The van der Waals surface area contributed by atoms with Gasteiger partial charge in [0.1, 0.15) is 5.75 Å². The number of hydrogen-bond acceptors (Lipinski definition) is 2. The predicted molar refractivity (Wildman–Crippen MR) is 55.3 cm³/mol. The first-order valence-electron chi connectivity index (χ1n) is 4.46. The molecule has 1 N–H and O–H groups in total. The fraction of sp³-hybridized carbons (Fsp3) is 0.182. The molecule has 1 aromatic heterocycles. The third kappa shape index (κ3) is 1.48. The molecule has 0 spiro atoms. The van der Waals surface area contributed by atoms with E-state index >= 15 is 0 Å². The summed E-state index contributed by atoms with van der Waals surface area (Å²) in [5.74, 6) is 0.877. The molecule has 1 heterocycles. The Kier molecular flexibility index (Phi) is 2.23. The smallest absolute Gasteiger partial charge is 0.119 e. The molecule has 14 heavy (non-hydrogen) atoms. The molecule has 2 rings (SSSR count). The van der Waals surface area contributed by atoms with Crippen LogP contribution in [0.15, 0.2) is 30.5 Å². The lowest BCUT2D eigenvalue weighted by molar-refractivity contribution is 0.414. The Morgan fingerprint density at radius 2 is 2.14 bits per heavy atom. The Labute approximate surface area is 82.7 Å². The second-order valence-corrected chi connectivity index (χ2v) is 3.14. The second kappa shape index (κ2) is 3.54. The van der Waals surface area contributed by atoms with Crippen molar-refractivity contribution in [1.29, 1.82) is 0 Å². The van der Waals surface area contributed by atoms with Gasteiger partial charge in [-0.3, -0.25) is 5.10 Å². The average molecular weight is 188 g/mol. The highest BCUT2D eigenvalue weighted by molar-refractivity contribution is 5.64. The highest BCUT2D eigenvalue weighted by Gasteiger charge is 2.04. The summed E-state index contributed by atoms with van der Waals surface area (Å²) >= 11 is 0. The minimum absolute atomic E-state index is 0.877. The Bertz CT molecular complexity index is 421. The van der Waals surface area contributed by atoms with E-state index in [9.17, 15) is 0 Å². The zero-order valence-electron chi connectivity index (χ0n) is 8.24. The summed E-state index contributed by atoms with van der Waals surface area (Å²) in [7, 11) is 1.67. The molecule has 0 radical (unpaired) electrons. The van der Waals surface area contributed by atoms with Crippen LogP contribution in [-0.2, 0) is 0 Å². The van der Waals surface area contributed by atoms with Crippen LogP contribution < -0.4 is 4.74 Å². The number of H-pyrrole nitrogens is 1. The van der Waals surface area contributed by atoms with E-state index in [4.69, 9.17) is 4.74 Å². The SMILES string of the molecule is COc1ccc(-c2cc[nH]n2)c(C)c1. The van der Waals surface area contributed by atoms with E-state index in [1.807, 2.05) is 37.4 Å². The van der Waals surface area contributed by atoms with E-state index in [2.05, 4.69) is 10.2 Å². The number of benzene rings is 1. The van der Waals surface area contributed by atoms with Crippen LogP contribution in [0.25, 0.3) is 11.3 Å². The Hall–Kier alpha value is -1.77. The molecule has 0 saturated heterocycles. The van der Waals surface area contributed by atoms with Crippen molar-refractivity contribution < 1.29 is 4.74 Å². The van der Waals surface area contributed by atoms with Crippen molar-refractivity contribution in [2.24, 2.45) is 0 Å². The molecule has 0 atom stereocenters. The Morgan fingerprint density at radius 3 is 2.71 bits per heavy atom. The average Bonchev–Trinajstić information content (AvgIpc) is 2.70. The maximum atomic E-state index is 5.14. The number of aromatic nitrogens is 2. The lowest BCUT2D eigenvalue weighted by Gasteiger charge is -2.05. The summed E-state index contributed by atoms with van der Waals surface area (Å²) in [5.41, 5.74) is 3.26. The topological polar surface area (TPSA) is 37.9 Å². The first-order chi connectivity index (χ1) is 6.81. The van der Waals surface area contributed by atoms with Crippen LogP contribution in [0.4, 0.5) is 0 Å². The Morgan fingerprint density at radius 1 is 1.29 bits per heavy atom. The van der Waals surface area contributed by atoms with Gasteiger partial charge in [0, 0.05) is 11.8 Å². The molecule has 0 aliphatic carbocycles. The van der Waals surface area contributed by atoms with Gasteiger partial charge in [-0.2, -0.15) is 5.10 Å². The number of ether oxygens (including phenoxy) is 1. The van der Waals surface area contributed by atoms with Gasteiger partial charge < -0.3 is 4.74 Å². The van der Waals surface area contributed by atoms with Crippen LogP contribution in [0.1, 0.15) is 5.56 Å². The van der Waals surface area contributed by atoms with E-state index < -0.39 is 0 Å². The molecular formula is C11H12N2O. The van der Waals surface area contributed by atoms with Crippen molar-refractivity contribution in [3.63, 3.8) is 0 Å². The van der Waals surface area contributed by atoms with E-state index in [0.29, 0.717) is 0 Å². The molecular weight excluding hydrogens is 176 g/mol. The van der Waals surface area contributed by atoms with Gasteiger partial charge in [-0.15, -0.1) is 0 Å². The van der Waals surface area contributed by atoms with Crippen LogP contribution >= 0.6 is 0 Å². The standard InChI is InChI=1S/C11H12N2O/c1-8-7-9(14-2)3-4-10(8)11-5-6-12-13-11/h3-7H,1-2H3,(H,12,13). The van der Waals surface area contributed by atoms with Gasteiger partial charge in [-0.1, -0.05) is 0 Å². The first kappa shape index (κ1) is 8.81. The summed E-state index contributed by atoms with van der Waals surface area (Å²) < 4.78 is 5.14. The van der Waals surface area contributed by atoms with E-state index in [0.717, 1.165) is 22.6 Å². The number of aryl methyl sites for hydroxylation is 1. The highest BCUT2D eigenvalue weighted by Crippen LogP contribution is 2.24. The van der Waals surface area contributed by atoms with Crippen molar-refractivity contribution in [3.8, 4) is 17.0 Å². The van der Waals surface area contributed by atoms with E-state index in [-0.39, 0.29) is 0 Å². The molecule has 0 aliphatic heterocycles. The van der Waals surface area contributed by atoms with Crippen LogP contribution in [0.5, 0.6) is 5.75 Å². The summed E-state index contributed by atoms with van der Waals surface area (Å²) in [6, 6.07) is 7.92. The molecule has 0 bridgehead atoms. The molecule has 0 amide bonds. The molecule has 0 fully saturated rings. The second-order valence-electron chi connectivity index (χ2n) is 3.14. The normalized spacial score (nSPS) is 10.1. The fourth-order valence-electron chi connectivity index (χ4n) is 1.46. The number of rotatable bonds is 2. The number of nitrogens with one attached hydrogen (secondary N) is 1. The number of aromatic amines is 1. The molecule has 3 heteroatoms. The van der Waals surface area contributed by atoms with Crippen LogP contribution in [0.2, 0.25) is 0 Å². The number of nitrogens with zero attached hydrogens (tertiary/aromatic N) is 1. The summed E-state index contributed by atoms with van der Waals surface area (Å²) in [4.78, 5) is 0. The zero-order chi connectivity index (χ0) is 9.97. The maximum Gasteiger partial charge on any atom is 0.119 e. The largest absolute Gasteiger partial charge is 0.497 e. The van der Waals surface area contributed by atoms with E-state index in [1.54, 1.807) is 7.11 Å². The summed E-state index contributed by atoms with van der Waals surface area (Å²) in [6.07, 6.45) is 1.82. The molecule has 72 valence electrons. The minimum atomic E-state index is 0.877. The fourth-order valence-corrected chi connectivity index (χ4v) is 1.46. The van der Waals surface area contributed by atoms with Crippen LogP contribution in [-0.4, -0.2) is 17.3 Å². The number of hydrogen-bond donors (Lipinski definition) is 1. The molecule has 0 aliphatic rings. The molecule has 0 unspecified atom stereocenters. The summed E-state index contributed by atoms with van der Waals surface area (Å²) in [6.45, 7) is 2.05.